The first kappa shape index (κ1) is 10.4. The van der Waals surface area contributed by atoms with E-state index in [4.69, 9.17) is 5.26 Å². The zero-order chi connectivity index (χ0) is 11.4. The quantitative estimate of drug-likeness (QED) is 0.783. The van der Waals surface area contributed by atoms with E-state index in [9.17, 15) is 0 Å². The van der Waals surface area contributed by atoms with Crippen LogP contribution in [0.25, 0.3) is 0 Å². The Labute approximate surface area is 95.0 Å². The SMILES string of the molecule is C[C@H](c1ccccc1)n1ccnc1CC#N. The molecule has 3 heteroatoms. The van der Waals surface area contributed by atoms with Crippen molar-refractivity contribution >= 4 is 0 Å². The third-order valence-corrected chi connectivity index (χ3v) is 2.69. The number of aromatic nitrogens is 2. The van der Waals surface area contributed by atoms with Crippen molar-refractivity contribution in [3.63, 3.8) is 0 Å². The molecule has 0 radical (unpaired) electrons. The van der Waals surface area contributed by atoms with E-state index in [1.165, 1.54) is 5.56 Å². The van der Waals surface area contributed by atoms with Crippen LogP contribution in [-0.2, 0) is 6.42 Å². The molecule has 1 heterocycles. The van der Waals surface area contributed by atoms with Gasteiger partial charge in [0.25, 0.3) is 0 Å². The van der Waals surface area contributed by atoms with Gasteiger partial charge in [-0.15, -0.1) is 0 Å². The number of nitriles is 1. The third kappa shape index (κ3) is 1.96. The normalized spacial score (nSPS) is 12.0. The predicted molar refractivity (Wildman–Crippen MR) is 61.8 cm³/mol. The van der Waals surface area contributed by atoms with E-state index >= 15 is 0 Å². The standard InChI is InChI=1S/C13H13N3/c1-11(12-5-3-2-4-6-12)16-10-9-15-13(16)7-8-14/h2-6,9-11H,7H2,1H3/t11-/m1/s1. The number of nitrogens with zero attached hydrogens (tertiary/aromatic N) is 3. The maximum Gasteiger partial charge on any atom is 0.123 e. The second-order valence-electron chi connectivity index (χ2n) is 3.67. The second kappa shape index (κ2) is 4.63. The Morgan fingerprint density at radius 1 is 1.38 bits per heavy atom. The van der Waals surface area contributed by atoms with Gasteiger partial charge in [0, 0.05) is 12.4 Å². The van der Waals surface area contributed by atoms with E-state index in [2.05, 4.69) is 30.1 Å². The highest BCUT2D eigenvalue weighted by Gasteiger charge is 2.10. The molecule has 16 heavy (non-hydrogen) atoms. The van der Waals surface area contributed by atoms with E-state index < -0.39 is 0 Å². The summed E-state index contributed by atoms with van der Waals surface area (Å²) in [5.74, 6) is 0.818. The lowest BCUT2D eigenvalue weighted by Gasteiger charge is -2.15. The Morgan fingerprint density at radius 2 is 2.12 bits per heavy atom. The van der Waals surface area contributed by atoms with Crippen LogP contribution < -0.4 is 0 Å². The molecular formula is C13H13N3. The molecule has 0 amide bonds. The molecule has 0 fully saturated rings. The van der Waals surface area contributed by atoms with Crippen LogP contribution in [-0.4, -0.2) is 9.55 Å². The van der Waals surface area contributed by atoms with Gasteiger partial charge in [-0.05, 0) is 12.5 Å². The van der Waals surface area contributed by atoms with E-state index in [1.54, 1.807) is 6.20 Å². The molecule has 0 N–H and O–H groups in total. The van der Waals surface area contributed by atoms with Crippen LogP contribution in [0.1, 0.15) is 24.4 Å². The summed E-state index contributed by atoms with van der Waals surface area (Å²) in [6.45, 7) is 2.11. The van der Waals surface area contributed by atoms with Crippen LogP contribution in [0.15, 0.2) is 42.7 Å². The lowest BCUT2D eigenvalue weighted by atomic mass is 10.1. The van der Waals surface area contributed by atoms with E-state index in [-0.39, 0.29) is 6.04 Å². The fraction of sp³-hybridized carbons (Fsp3) is 0.231. The number of hydrogen-bond acceptors (Lipinski definition) is 2. The number of imidazole rings is 1. The summed E-state index contributed by atoms with van der Waals surface area (Å²) in [6, 6.07) is 12.6. The lowest BCUT2D eigenvalue weighted by Crippen LogP contribution is -2.09. The molecule has 0 saturated carbocycles. The van der Waals surface area contributed by atoms with Crippen LogP contribution in [0.4, 0.5) is 0 Å². The number of rotatable bonds is 3. The molecule has 2 rings (SSSR count). The average Bonchev–Trinajstić information content (AvgIpc) is 2.78. The molecule has 1 atom stereocenters. The zero-order valence-corrected chi connectivity index (χ0v) is 9.17. The van der Waals surface area contributed by atoms with Crippen LogP contribution in [0, 0.1) is 11.3 Å². The first-order chi connectivity index (χ1) is 7.83. The highest BCUT2D eigenvalue weighted by atomic mass is 15.1. The Kier molecular flexibility index (Phi) is 3.02. The van der Waals surface area contributed by atoms with Crippen molar-refractivity contribution in [1.82, 2.24) is 9.55 Å². The van der Waals surface area contributed by atoms with Gasteiger partial charge in [-0.3, -0.25) is 0 Å². The van der Waals surface area contributed by atoms with Crippen LogP contribution >= 0.6 is 0 Å². The molecule has 0 spiro atoms. The summed E-state index contributed by atoms with van der Waals surface area (Å²) in [6.07, 6.45) is 4.01. The minimum absolute atomic E-state index is 0.215. The predicted octanol–water partition coefficient (Wildman–Crippen LogP) is 2.56. The minimum atomic E-state index is 0.215. The van der Waals surface area contributed by atoms with Crippen molar-refractivity contribution in [2.24, 2.45) is 0 Å². The van der Waals surface area contributed by atoms with Gasteiger partial charge in [0.15, 0.2) is 0 Å². The Hall–Kier alpha value is -2.08. The molecule has 0 unspecified atom stereocenters. The molecule has 0 saturated heterocycles. The highest BCUT2D eigenvalue weighted by Crippen LogP contribution is 2.18. The molecular weight excluding hydrogens is 198 g/mol. The van der Waals surface area contributed by atoms with E-state index in [0.29, 0.717) is 6.42 Å². The van der Waals surface area contributed by atoms with Crippen molar-refractivity contribution in [2.45, 2.75) is 19.4 Å². The number of benzene rings is 1. The van der Waals surface area contributed by atoms with Gasteiger partial charge in [0.05, 0.1) is 18.5 Å². The first-order valence-electron chi connectivity index (χ1n) is 5.26. The summed E-state index contributed by atoms with van der Waals surface area (Å²) < 4.78 is 2.04. The van der Waals surface area contributed by atoms with Crippen LogP contribution in [0.2, 0.25) is 0 Å². The van der Waals surface area contributed by atoms with E-state index in [0.717, 1.165) is 5.82 Å². The van der Waals surface area contributed by atoms with Gasteiger partial charge in [-0.25, -0.2) is 4.98 Å². The molecule has 80 valence electrons. The summed E-state index contributed by atoms with van der Waals surface area (Å²) in [4.78, 5) is 4.19. The maximum atomic E-state index is 8.71. The van der Waals surface area contributed by atoms with Gasteiger partial charge in [0.1, 0.15) is 5.82 Å². The zero-order valence-electron chi connectivity index (χ0n) is 9.17. The highest BCUT2D eigenvalue weighted by molar-refractivity contribution is 5.20. The van der Waals surface area contributed by atoms with Gasteiger partial charge >= 0.3 is 0 Å². The van der Waals surface area contributed by atoms with Crippen molar-refractivity contribution in [3.8, 4) is 6.07 Å². The lowest BCUT2D eigenvalue weighted by molar-refractivity contribution is 0.612. The van der Waals surface area contributed by atoms with Gasteiger partial charge in [-0.2, -0.15) is 5.26 Å². The van der Waals surface area contributed by atoms with Crippen molar-refractivity contribution < 1.29 is 0 Å². The van der Waals surface area contributed by atoms with Crippen LogP contribution in [0.3, 0.4) is 0 Å². The molecule has 1 aromatic carbocycles. The summed E-state index contributed by atoms with van der Waals surface area (Å²) >= 11 is 0. The fourth-order valence-corrected chi connectivity index (χ4v) is 1.80. The first-order valence-corrected chi connectivity index (χ1v) is 5.26. The summed E-state index contributed by atoms with van der Waals surface area (Å²) in [5.41, 5.74) is 1.22. The van der Waals surface area contributed by atoms with Crippen molar-refractivity contribution in [1.29, 1.82) is 5.26 Å². The van der Waals surface area contributed by atoms with E-state index in [1.807, 2.05) is 29.0 Å². The Morgan fingerprint density at radius 3 is 2.81 bits per heavy atom. The molecule has 0 aliphatic rings. The molecule has 2 aromatic rings. The summed E-state index contributed by atoms with van der Waals surface area (Å²) in [7, 11) is 0. The van der Waals surface area contributed by atoms with Gasteiger partial charge < -0.3 is 4.57 Å². The number of hydrogen-bond donors (Lipinski definition) is 0. The van der Waals surface area contributed by atoms with Crippen molar-refractivity contribution in [2.75, 3.05) is 0 Å². The molecule has 3 nitrogen and oxygen atoms in total. The second-order valence-corrected chi connectivity index (χ2v) is 3.67. The monoisotopic (exact) mass is 211 g/mol. The maximum absolute atomic E-state index is 8.71. The Bertz CT molecular complexity index is 493. The van der Waals surface area contributed by atoms with Crippen LogP contribution in [0.5, 0.6) is 0 Å². The smallest absolute Gasteiger partial charge is 0.123 e. The average molecular weight is 211 g/mol. The largest absolute Gasteiger partial charge is 0.327 e. The molecule has 0 aliphatic heterocycles. The minimum Gasteiger partial charge on any atom is -0.327 e. The van der Waals surface area contributed by atoms with Gasteiger partial charge in [-0.1, -0.05) is 30.3 Å². The van der Waals surface area contributed by atoms with Crippen molar-refractivity contribution in [3.05, 3.63) is 54.1 Å². The molecule has 0 aliphatic carbocycles. The van der Waals surface area contributed by atoms with Gasteiger partial charge in [0.2, 0.25) is 0 Å². The topological polar surface area (TPSA) is 41.6 Å². The molecule has 0 bridgehead atoms. The Balaban J connectivity index is 2.31. The molecule has 1 aromatic heterocycles. The fourth-order valence-electron chi connectivity index (χ4n) is 1.80. The third-order valence-electron chi connectivity index (χ3n) is 2.69. The summed E-state index contributed by atoms with van der Waals surface area (Å²) in [5, 5.41) is 8.71.